The van der Waals surface area contributed by atoms with Crippen LogP contribution in [0.3, 0.4) is 0 Å². The van der Waals surface area contributed by atoms with E-state index in [0.717, 1.165) is 66.7 Å². The molecule has 3 aromatic rings. The number of nitrogens with zero attached hydrogens (tertiary/aromatic N) is 2. The van der Waals surface area contributed by atoms with Crippen LogP contribution < -0.4 is 0 Å². The van der Waals surface area contributed by atoms with Gasteiger partial charge in [0.25, 0.3) is 0 Å². The fraction of sp³-hybridized carbons (Fsp3) is 0.524. The summed E-state index contributed by atoms with van der Waals surface area (Å²) >= 11 is 0. The number of hydrogen-bond donors (Lipinski definition) is 1. The van der Waals surface area contributed by atoms with Gasteiger partial charge >= 0.3 is 0 Å². The summed E-state index contributed by atoms with van der Waals surface area (Å²) in [6, 6.07) is 23.2. The molecule has 1 saturated carbocycles. The summed E-state index contributed by atoms with van der Waals surface area (Å²) in [7, 11) is 0. The smallest absolute Gasteiger partial charge is 0.0689 e. The molecule has 0 aromatic heterocycles. The van der Waals surface area contributed by atoms with Gasteiger partial charge in [0.1, 0.15) is 0 Å². The topological polar surface area (TPSA) is 39.5 Å². The summed E-state index contributed by atoms with van der Waals surface area (Å²) in [5.41, 5.74) is 10.0. The number of nitrogens with one attached hydrogen (secondary N) is 1. The number of para-hydroxylation sites is 1. The molecule has 0 atom stereocenters. The second-order valence-electron chi connectivity index (χ2n) is 14.0. The number of piperidine rings is 1. The van der Waals surface area contributed by atoms with E-state index in [1.807, 2.05) is 18.2 Å². The summed E-state index contributed by atoms with van der Waals surface area (Å²) in [4.78, 5) is 7.71. The Labute approximate surface area is 276 Å². The first kappa shape index (κ1) is 36.4. The quantitative estimate of drug-likeness (QED) is 0.241. The Hall–Kier alpha value is -3.04. The zero-order chi connectivity index (χ0) is 32.9. The molecule has 2 aliphatic rings. The minimum absolute atomic E-state index is 0.463. The monoisotopic (exact) mass is 607 g/mol. The molecule has 0 bridgehead atoms. The van der Waals surface area contributed by atoms with Crippen LogP contribution in [0.15, 0.2) is 71.7 Å². The minimum Gasteiger partial charge on any atom is -0.300 e. The molecule has 1 aliphatic carbocycles. The Balaban J connectivity index is 0.000000473. The van der Waals surface area contributed by atoms with Crippen LogP contribution in [-0.4, -0.2) is 29.4 Å². The maximum Gasteiger partial charge on any atom is 0.0689 e. The predicted molar refractivity (Wildman–Crippen MR) is 198 cm³/mol. The van der Waals surface area contributed by atoms with Crippen molar-refractivity contribution in [3.63, 3.8) is 0 Å². The van der Waals surface area contributed by atoms with E-state index in [-0.39, 0.29) is 0 Å². The van der Waals surface area contributed by atoms with Crippen LogP contribution in [0.2, 0.25) is 0 Å². The van der Waals surface area contributed by atoms with Crippen LogP contribution in [-0.2, 0) is 6.54 Å². The van der Waals surface area contributed by atoms with Gasteiger partial charge in [0.15, 0.2) is 0 Å². The van der Waals surface area contributed by atoms with Crippen molar-refractivity contribution in [1.29, 1.82) is 5.41 Å². The van der Waals surface area contributed by atoms with E-state index >= 15 is 0 Å². The Morgan fingerprint density at radius 2 is 1.36 bits per heavy atom. The normalized spacial score (nSPS) is 15.8. The largest absolute Gasteiger partial charge is 0.300 e. The lowest BCUT2D eigenvalue weighted by molar-refractivity contribution is 0.200. The van der Waals surface area contributed by atoms with Gasteiger partial charge in [-0.25, -0.2) is 0 Å². The van der Waals surface area contributed by atoms with Crippen LogP contribution >= 0.6 is 0 Å². The van der Waals surface area contributed by atoms with Gasteiger partial charge in [-0.05, 0) is 98.7 Å². The van der Waals surface area contributed by atoms with Crippen molar-refractivity contribution >= 4 is 17.1 Å². The summed E-state index contributed by atoms with van der Waals surface area (Å²) in [5.74, 6) is 3.04. The molecule has 0 radical (unpaired) electrons. The molecule has 3 nitrogen and oxygen atoms in total. The molecule has 244 valence electrons. The van der Waals surface area contributed by atoms with Crippen molar-refractivity contribution in [1.82, 2.24) is 4.90 Å². The highest BCUT2D eigenvalue weighted by Crippen LogP contribution is 2.31. The molecule has 1 heterocycles. The highest BCUT2D eigenvalue weighted by atomic mass is 15.1. The summed E-state index contributed by atoms with van der Waals surface area (Å²) in [5, 5.41) is 8.74. The second-order valence-corrected chi connectivity index (χ2v) is 14.0. The van der Waals surface area contributed by atoms with Crippen LogP contribution in [0.25, 0.3) is 0 Å². The molecular weight excluding hydrogens is 546 g/mol. The van der Waals surface area contributed by atoms with Crippen molar-refractivity contribution in [2.24, 2.45) is 28.7 Å². The Bertz CT molecular complexity index is 1370. The van der Waals surface area contributed by atoms with E-state index in [1.54, 1.807) is 0 Å². The Kier molecular flexibility index (Phi) is 14.7. The Morgan fingerprint density at radius 3 is 1.84 bits per heavy atom. The third kappa shape index (κ3) is 11.7. The van der Waals surface area contributed by atoms with Crippen LogP contribution in [0.5, 0.6) is 0 Å². The second kappa shape index (κ2) is 18.2. The molecule has 3 heteroatoms. The summed E-state index contributed by atoms with van der Waals surface area (Å²) < 4.78 is 0. The third-order valence-electron chi connectivity index (χ3n) is 9.43. The van der Waals surface area contributed by atoms with Crippen molar-refractivity contribution in [2.45, 2.75) is 107 Å². The molecule has 0 spiro atoms. The highest BCUT2D eigenvalue weighted by Gasteiger charge is 2.25. The molecule has 1 saturated heterocycles. The van der Waals surface area contributed by atoms with E-state index in [2.05, 4.69) is 116 Å². The molecule has 0 unspecified atom stereocenters. The van der Waals surface area contributed by atoms with E-state index < -0.39 is 0 Å². The van der Waals surface area contributed by atoms with Crippen LogP contribution in [0.4, 0.5) is 5.69 Å². The van der Waals surface area contributed by atoms with Gasteiger partial charge in [-0.2, -0.15) is 0 Å². The number of rotatable bonds is 9. The van der Waals surface area contributed by atoms with Crippen molar-refractivity contribution in [3.05, 3.63) is 100 Å². The van der Waals surface area contributed by atoms with Gasteiger partial charge in [-0.15, -0.1) is 0 Å². The van der Waals surface area contributed by atoms with Gasteiger partial charge in [-0.3, -0.25) is 15.3 Å². The number of benzene rings is 3. The lowest BCUT2D eigenvalue weighted by Crippen LogP contribution is -2.37. The van der Waals surface area contributed by atoms with Crippen molar-refractivity contribution in [2.75, 3.05) is 13.1 Å². The molecule has 45 heavy (non-hydrogen) atoms. The van der Waals surface area contributed by atoms with Gasteiger partial charge in [0, 0.05) is 23.4 Å². The maximum absolute atomic E-state index is 8.74. The molecule has 1 aliphatic heterocycles. The first-order valence-corrected chi connectivity index (χ1v) is 17.6. The first-order chi connectivity index (χ1) is 21.5. The van der Waals surface area contributed by atoms with Crippen LogP contribution in [0.1, 0.15) is 113 Å². The molecule has 1 N–H and O–H groups in total. The first-order valence-electron chi connectivity index (χ1n) is 17.6. The van der Waals surface area contributed by atoms with Gasteiger partial charge in [0.2, 0.25) is 0 Å². The van der Waals surface area contributed by atoms with E-state index in [1.165, 1.54) is 48.1 Å². The lowest BCUT2D eigenvalue weighted by atomic mass is 9.86. The average Bonchev–Trinajstić information content (AvgIpc) is 3.87. The predicted octanol–water partition coefficient (Wildman–Crippen LogP) is 11.5. The van der Waals surface area contributed by atoms with Gasteiger partial charge in [-0.1, -0.05) is 128 Å². The van der Waals surface area contributed by atoms with E-state index in [4.69, 9.17) is 10.4 Å². The maximum atomic E-state index is 8.74. The standard InChI is InChI=1S/C32H39N3.C5H10.C5H12/c1-22(2)32(34-30-13-9-7-11-24(30)4)27-16-18-35(19-17-27)21-26-14-15-29(25(5)20-26)31(33)28-12-8-6-10-23(28)3;1-2-5-3-4-5;1-4-5(2)3/h6-15,20,22,27,33H,16-19,21H2,1-5H3;5H,2-4H2,1H3;5H,4H2,1-3H3. The molecule has 2 fully saturated rings. The fourth-order valence-corrected chi connectivity index (χ4v) is 5.79. The number of aliphatic imine (C=N–C) groups is 1. The van der Waals surface area contributed by atoms with Gasteiger partial charge in [0.05, 0.1) is 11.4 Å². The number of likely N-dealkylation sites (tertiary alicyclic amines) is 1. The number of hydrogen-bond acceptors (Lipinski definition) is 3. The lowest BCUT2D eigenvalue weighted by Gasteiger charge is -2.34. The molecule has 0 amide bonds. The van der Waals surface area contributed by atoms with Crippen molar-refractivity contribution < 1.29 is 0 Å². The number of aryl methyl sites for hydroxylation is 3. The highest BCUT2D eigenvalue weighted by molar-refractivity contribution is 6.12. The zero-order valence-corrected chi connectivity index (χ0v) is 29.9. The Morgan fingerprint density at radius 1 is 0.778 bits per heavy atom. The summed E-state index contributed by atoms with van der Waals surface area (Å²) in [6.45, 7) is 23.0. The molecular formula is C42H61N3. The third-order valence-corrected chi connectivity index (χ3v) is 9.43. The van der Waals surface area contributed by atoms with Crippen molar-refractivity contribution in [3.8, 4) is 0 Å². The zero-order valence-electron chi connectivity index (χ0n) is 29.9. The molecule has 5 rings (SSSR count). The summed E-state index contributed by atoms with van der Waals surface area (Å²) in [6.07, 6.45) is 8.07. The fourth-order valence-electron chi connectivity index (χ4n) is 5.79. The van der Waals surface area contributed by atoms with Gasteiger partial charge < -0.3 is 0 Å². The van der Waals surface area contributed by atoms with Crippen LogP contribution in [0, 0.1) is 49.9 Å². The minimum atomic E-state index is 0.463. The average molecular weight is 608 g/mol. The van der Waals surface area contributed by atoms with E-state index in [9.17, 15) is 0 Å². The van der Waals surface area contributed by atoms with E-state index in [0.29, 0.717) is 17.5 Å². The SMILES string of the molecule is CCC(C)C.CCC1CC1.Cc1ccccc1N=C(C(C)C)C1CCN(Cc2ccc(C(=N)c3ccccc3C)c(C)c2)CC1. The molecule has 3 aromatic carbocycles.